The molecule has 1 aromatic carbocycles. The van der Waals surface area contributed by atoms with Crippen molar-refractivity contribution in [1.29, 1.82) is 0 Å². The first-order valence-corrected chi connectivity index (χ1v) is 3.93. The third kappa shape index (κ3) is 2.70. The van der Waals surface area contributed by atoms with Gasteiger partial charge in [-0.15, -0.1) is 0 Å². The van der Waals surface area contributed by atoms with Crippen LogP contribution in [-0.4, -0.2) is 7.11 Å². The van der Waals surface area contributed by atoms with Gasteiger partial charge < -0.3 is 16.2 Å². The van der Waals surface area contributed by atoms with Crippen molar-refractivity contribution in [3.05, 3.63) is 18.2 Å². The zero-order valence-corrected chi connectivity index (χ0v) is 7.79. The van der Waals surface area contributed by atoms with Gasteiger partial charge in [0.2, 0.25) is 0 Å². The van der Waals surface area contributed by atoms with Crippen LogP contribution in [-0.2, 0) is 0 Å². The van der Waals surface area contributed by atoms with Crippen LogP contribution in [0, 0.1) is 0 Å². The summed E-state index contributed by atoms with van der Waals surface area (Å²) in [5, 5.41) is 0. The lowest BCUT2D eigenvalue weighted by atomic mass is 10.2. The van der Waals surface area contributed by atoms with Crippen LogP contribution < -0.4 is 16.2 Å². The first kappa shape index (κ1) is 10.6. The van der Waals surface area contributed by atoms with Crippen LogP contribution in [0.25, 0.3) is 0 Å². The molecule has 0 aliphatic heterocycles. The molecule has 0 unspecified atom stereocenters. The predicted molar refractivity (Wildman–Crippen MR) is 55.3 cm³/mol. The number of hydrogen-bond donors (Lipinski definition) is 2. The minimum absolute atomic E-state index is 0. The largest absolute Gasteiger partial charge is 0.497 e. The summed E-state index contributed by atoms with van der Waals surface area (Å²) in [6, 6.07) is 5.18. The van der Waals surface area contributed by atoms with Crippen LogP contribution in [0.1, 0.15) is 15.3 Å². The van der Waals surface area contributed by atoms with E-state index in [1.165, 1.54) is 0 Å². The molecule has 0 atom stereocenters. The van der Waals surface area contributed by atoms with Crippen molar-refractivity contribution in [3.8, 4) is 5.75 Å². The van der Waals surface area contributed by atoms with Crippen LogP contribution in [0.4, 0.5) is 11.4 Å². The third-order valence-electron chi connectivity index (χ3n) is 1.29. The molecule has 0 fully saturated rings. The Morgan fingerprint density at radius 2 is 1.75 bits per heavy atom. The molecule has 0 aliphatic rings. The zero-order chi connectivity index (χ0) is 9.56. The molecule has 0 amide bonds. The van der Waals surface area contributed by atoms with Gasteiger partial charge in [0.25, 0.3) is 0 Å². The Balaban J connectivity index is 0. The molecule has 0 saturated carbocycles. The lowest BCUT2D eigenvalue weighted by Crippen LogP contribution is -1.94. The molecule has 3 nitrogen and oxygen atoms in total. The first-order valence-electron chi connectivity index (χ1n) is 3.93. The summed E-state index contributed by atoms with van der Waals surface area (Å²) in [6.45, 7) is 4.00. The summed E-state index contributed by atoms with van der Waals surface area (Å²) in [5.41, 5.74) is 12.1. The Bertz CT molecular complexity index is 241. The van der Waals surface area contributed by atoms with E-state index in [2.05, 4.69) is 0 Å². The molecule has 0 aliphatic carbocycles. The van der Waals surface area contributed by atoms with E-state index in [-0.39, 0.29) is 1.43 Å². The van der Waals surface area contributed by atoms with Crippen molar-refractivity contribution < 1.29 is 6.16 Å². The second-order valence-corrected chi connectivity index (χ2v) is 1.99. The highest BCUT2D eigenvalue weighted by atomic mass is 16.5. The molecular weight excluding hydrogens is 152 g/mol. The third-order valence-corrected chi connectivity index (χ3v) is 1.29. The Kier molecular flexibility index (Phi) is 4.69. The van der Waals surface area contributed by atoms with Gasteiger partial charge in [-0.2, -0.15) is 0 Å². The molecule has 0 bridgehead atoms. The van der Waals surface area contributed by atoms with Gasteiger partial charge in [-0.05, 0) is 12.1 Å². The van der Waals surface area contributed by atoms with E-state index in [0.717, 1.165) is 5.75 Å². The fourth-order valence-electron chi connectivity index (χ4n) is 0.680. The fourth-order valence-corrected chi connectivity index (χ4v) is 0.680. The maximum Gasteiger partial charge on any atom is 0.121 e. The number of rotatable bonds is 1. The number of nitrogens with two attached hydrogens (primary N) is 2. The summed E-state index contributed by atoms with van der Waals surface area (Å²) in [4.78, 5) is 0. The molecular formula is C9H18N2O. The highest BCUT2D eigenvalue weighted by molar-refractivity contribution is 5.65. The van der Waals surface area contributed by atoms with Crippen molar-refractivity contribution in [1.82, 2.24) is 0 Å². The van der Waals surface area contributed by atoms with Crippen molar-refractivity contribution in [3.63, 3.8) is 0 Å². The number of nitrogen functional groups attached to an aromatic ring is 2. The van der Waals surface area contributed by atoms with Gasteiger partial charge in [-0.3, -0.25) is 0 Å². The van der Waals surface area contributed by atoms with Crippen molar-refractivity contribution >= 4 is 11.4 Å². The summed E-state index contributed by atoms with van der Waals surface area (Å²) >= 11 is 0. The van der Waals surface area contributed by atoms with Crippen molar-refractivity contribution in [2.45, 2.75) is 13.8 Å². The summed E-state index contributed by atoms with van der Waals surface area (Å²) in [7, 11) is 1.59. The van der Waals surface area contributed by atoms with E-state index in [9.17, 15) is 0 Å². The van der Waals surface area contributed by atoms with E-state index in [1.54, 1.807) is 25.3 Å². The Hall–Kier alpha value is -1.38. The van der Waals surface area contributed by atoms with Gasteiger partial charge in [0.1, 0.15) is 5.75 Å². The molecule has 0 saturated heterocycles. The van der Waals surface area contributed by atoms with Gasteiger partial charge in [-0.1, -0.05) is 13.8 Å². The number of ether oxygens (including phenoxy) is 1. The van der Waals surface area contributed by atoms with Crippen LogP contribution in [0.3, 0.4) is 0 Å². The predicted octanol–water partition coefficient (Wildman–Crippen LogP) is 2.13. The Morgan fingerprint density at radius 3 is 2.17 bits per heavy atom. The molecule has 4 N–H and O–H groups in total. The average molecular weight is 170 g/mol. The van der Waals surface area contributed by atoms with Crippen LogP contribution in [0.15, 0.2) is 18.2 Å². The molecule has 0 spiro atoms. The Labute approximate surface area is 74.8 Å². The highest BCUT2D eigenvalue weighted by Gasteiger charge is 1.94. The number of benzene rings is 1. The average Bonchev–Trinajstić information content (AvgIpc) is 2.13. The number of hydrogen-bond acceptors (Lipinski definition) is 3. The minimum atomic E-state index is 0. The van der Waals surface area contributed by atoms with E-state index in [4.69, 9.17) is 16.2 Å². The SMILES string of the molecule is CC.COc1ccc(N)c(N)c1.[HH]. The smallest absolute Gasteiger partial charge is 0.121 e. The molecule has 3 heteroatoms. The van der Waals surface area contributed by atoms with Gasteiger partial charge in [0, 0.05) is 7.49 Å². The molecule has 0 radical (unpaired) electrons. The first-order chi connectivity index (χ1) is 5.74. The standard InChI is InChI=1S/C7H10N2O.C2H6.H2/c1-10-5-2-3-6(8)7(9)4-5;1-2;/h2-4H,8-9H2,1H3;1-2H3;1H. The second-order valence-electron chi connectivity index (χ2n) is 1.99. The molecule has 1 aromatic rings. The molecule has 70 valence electrons. The van der Waals surface area contributed by atoms with Crippen LogP contribution in [0.2, 0.25) is 0 Å². The van der Waals surface area contributed by atoms with Crippen molar-refractivity contribution in [2.24, 2.45) is 0 Å². The lowest BCUT2D eigenvalue weighted by Gasteiger charge is -2.02. The monoisotopic (exact) mass is 170 g/mol. The van der Waals surface area contributed by atoms with Crippen LogP contribution in [0.5, 0.6) is 5.75 Å². The Morgan fingerprint density at radius 1 is 1.17 bits per heavy atom. The van der Waals surface area contributed by atoms with Gasteiger partial charge in [0.15, 0.2) is 0 Å². The topological polar surface area (TPSA) is 61.3 Å². The van der Waals surface area contributed by atoms with E-state index >= 15 is 0 Å². The highest BCUT2D eigenvalue weighted by Crippen LogP contribution is 2.20. The van der Waals surface area contributed by atoms with Gasteiger partial charge in [0.05, 0.1) is 18.5 Å². The normalized spacial score (nSPS) is 8.25. The minimum Gasteiger partial charge on any atom is -0.497 e. The van der Waals surface area contributed by atoms with Crippen LogP contribution >= 0.6 is 0 Å². The quantitative estimate of drug-likeness (QED) is 0.635. The van der Waals surface area contributed by atoms with E-state index in [0.29, 0.717) is 11.4 Å². The number of anilines is 2. The molecule has 0 heterocycles. The summed E-state index contributed by atoms with van der Waals surface area (Å²) in [6.07, 6.45) is 0. The molecule has 1 rings (SSSR count). The summed E-state index contributed by atoms with van der Waals surface area (Å²) in [5.74, 6) is 0.728. The summed E-state index contributed by atoms with van der Waals surface area (Å²) < 4.78 is 4.91. The maximum absolute atomic E-state index is 5.49. The van der Waals surface area contributed by atoms with E-state index < -0.39 is 0 Å². The van der Waals surface area contributed by atoms with Gasteiger partial charge in [-0.25, -0.2) is 0 Å². The fraction of sp³-hybridized carbons (Fsp3) is 0.333. The van der Waals surface area contributed by atoms with Crippen molar-refractivity contribution in [2.75, 3.05) is 18.6 Å². The maximum atomic E-state index is 5.49. The zero-order valence-electron chi connectivity index (χ0n) is 7.79. The molecule has 12 heavy (non-hydrogen) atoms. The molecule has 0 aromatic heterocycles. The van der Waals surface area contributed by atoms with E-state index in [1.807, 2.05) is 13.8 Å². The lowest BCUT2D eigenvalue weighted by molar-refractivity contribution is 0.415. The second kappa shape index (κ2) is 5.29. The van der Waals surface area contributed by atoms with Gasteiger partial charge >= 0.3 is 0 Å². The number of methoxy groups -OCH3 is 1.